The van der Waals surface area contributed by atoms with Crippen LogP contribution in [0.15, 0.2) is 66.7 Å². The number of carbonyl (C=O) groups is 2. The SMILES string of the molecule is O=C(Nc1ccc(Oc2cccc3ccccc23)cc1)[C@H]1[C@H]2C[C@H]3[C@H](OC(=O)[C@@H]31)[C@@H]2Br. The third-order valence-electron chi connectivity index (χ3n) is 6.93. The average Bonchev–Trinajstić information content (AvgIpc) is 3.40. The molecule has 2 aliphatic carbocycles. The van der Waals surface area contributed by atoms with Crippen LogP contribution in [0.5, 0.6) is 11.5 Å². The highest BCUT2D eigenvalue weighted by Gasteiger charge is 2.67. The van der Waals surface area contributed by atoms with Gasteiger partial charge in [0.1, 0.15) is 17.6 Å². The van der Waals surface area contributed by atoms with Gasteiger partial charge in [0.2, 0.25) is 5.91 Å². The summed E-state index contributed by atoms with van der Waals surface area (Å²) < 4.78 is 11.6. The number of benzene rings is 3. The largest absolute Gasteiger partial charge is 0.461 e. The Labute approximate surface area is 187 Å². The van der Waals surface area contributed by atoms with Crippen molar-refractivity contribution in [1.29, 1.82) is 0 Å². The Kier molecular flexibility index (Phi) is 4.32. The van der Waals surface area contributed by atoms with Gasteiger partial charge in [-0.1, -0.05) is 52.3 Å². The smallest absolute Gasteiger partial charge is 0.310 e. The molecule has 3 aliphatic rings. The molecule has 5 nitrogen and oxygen atoms in total. The Bertz CT molecular complexity index is 1190. The Morgan fingerprint density at radius 3 is 2.61 bits per heavy atom. The molecule has 2 bridgehead atoms. The van der Waals surface area contributed by atoms with E-state index in [1.807, 2.05) is 54.6 Å². The number of alkyl halides is 1. The molecular formula is C25H20BrNO4. The number of carbonyl (C=O) groups excluding carboxylic acids is 2. The predicted molar refractivity (Wildman–Crippen MR) is 120 cm³/mol. The van der Waals surface area contributed by atoms with Crippen molar-refractivity contribution in [2.24, 2.45) is 23.7 Å². The maximum atomic E-state index is 13.0. The third kappa shape index (κ3) is 2.96. The molecule has 1 heterocycles. The number of hydrogen-bond acceptors (Lipinski definition) is 4. The molecule has 3 aromatic carbocycles. The van der Waals surface area contributed by atoms with Crippen molar-refractivity contribution >= 4 is 44.3 Å². The second kappa shape index (κ2) is 7.09. The molecule has 3 fully saturated rings. The highest BCUT2D eigenvalue weighted by molar-refractivity contribution is 9.09. The van der Waals surface area contributed by atoms with Gasteiger partial charge in [0.25, 0.3) is 0 Å². The number of anilines is 1. The van der Waals surface area contributed by atoms with Crippen molar-refractivity contribution in [3.05, 3.63) is 66.7 Å². The van der Waals surface area contributed by atoms with Gasteiger partial charge in [-0.15, -0.1) is 0 Å². The van der Waals surface area contributed by atoms with Crippen molar-refractivity contribution in [1.82, 2.24) is 0 Å². The van der Waals surface area contributed by atoms with Crippen LogP contribution in [-0.4, -0.2) is 22.8 Å². The minimum absolute atomic E-state index is 0.0624. The number of ether oxygens (including phenoxy) is 2. The van der Waals surface area contributed by atoms with Crippen molar-refractivity contribution in [3.63, 3.8) is 0 Å². The summed E-state index contributed by atoms with van der Waals surface area (Å²) in [7, 11) is 0. The lowest BCUT2D eigenvalue weighted by molar-refractivity contribution is -0.145. The third-order valence-corrected chi connectivity index (χ3v) is 8.13. The van der Waals surface area contributed by atoms with Crippen LogP contribution in [0, 0.1) is 23.7 Å². The van der Waals surface area contributed by atoms with Gasteiger partial charge in [-0.3, -0.25) is 9.59 Å². The van der Waals surface area contributed by atoms with Crippen LogP contribution in [0.25, 0.3) is 10.8 Å². The van der Waals surface area contributed by atoms with E-state index in [0.29, 0.717) is 11.4 Å². The molecule has 0 unspecified atom stereocenters. The van der Waals surface area contributed by atoms with Crippen LogP contribution in [0.4, 0.5) is 5.69 Å². The summed E-state index contributed by atoms with van der Waals surface area (Å²) >= 11 is 3.65. The van der Waals surface area contributed by atoms with Crippen LogP contribution < -0.4 is 10.1 Å². The van der Waals surface area contributed by atoms with E-state index in [-0.39, 0.29) is 46.5 Å². The van der Waals surface area contributed by atoms with Crippen molar-refractivity contribution in [2.45, 2.75) is 17.4 Å². The molecule has 0 spiro atoms. The number of fused-ring (bicyclic) bond motifs is 2. The van der Waals surface area contributed by atoms with E-state index in [1.54, 1.807) is 0 Å². The second-order valence-electron chi connectivity index (χ2n) is 8.55. The summed E-state index contributed by atoms with van der Waals surface area (Å²) in [4.78, 5) is 25.4. The maximum absolute atomic E-state index is 13.0. The molecule has 156 valence electrons. The van der Waals surface area contributed by atoms with Crippen LogP contribution >= 0.6 is 15.9 Å². The standard InChI is InChI=1S/C25H20BrNO4/c26-22-17-12-18-21(25(29)31-23(18)22)20(17)24(28)27-14-8-10-15(11-9-14)30-19-7-3-5-13-4-1-2-6-16(13)19/h1-11,17-18,20-23H,12H2,(H,27,28)/t17-,18-,20+,21+,22-,23+/m1/s1. The number of halogens is 1. The zero-order chi connectivity index (χ0) is 21.1. The zero-order valence-corrected chi connectivity index (χ0v) is 18.1. The van der Waals surface area contributed by atoms with Gasteiger partial charge in [-0.2, -0.15) is 0 Å². The van der Waals surface area contributed by atoms with E-state index in [0.717, 1.165) is 22.9 Å². The van der Waals surface area contributed by atoms with Crippen molar-refractivity contribution in [2.75, 3.05) is 5.32 Å². The number of esters is 1. The first-order chi connectivity index (χ1) is 15.1. The fraction of sp³-hybridized carbons (Fsp3) is 0.280. The van der Waals surface area contributed by atoms with E-state index < -0.39 is 0 Å². The van der Waals surface area contributed by atoms with Crippen LogP contribution in [0.3, 0.4) is 0 Å². The molecule has 1 aliphatic heterocycles. The van der Waals surface area contributed by atoms with Crippen LogP contribution in [0.2, 0.25) is 0 Å². The second-order valence-corrected chi connectivity index (χ2v) is 9.61. The monoisotopic (exact) mass is 477 g/mol. The minimum atomic E-state index is -0.341. The van der Waals surface area contributed by atoms with E-state index in [9.17, 15) is 9.59 Å². The van der Waals surface area contributed by atoms with Gasteiger partial charge in [0.15, 0.2) is 0 Å². The summed E-state index contributed by atoms with van der Waals surface area (Å²) in [6.45, 7) is 0. The lowest BCUT2D eigenvalue weighted by Gasteiger charge is -2.27. The fourth-order valence-electron chi connectivity index (χ4n) is 5.57. The summed E-state index contributed by atoms with van der Waals surface area (Å²) in [5.74, 6) is 0.798. The number of amides is 1. The summed E-state index contributed by atoms with van der Waals surface area (Å²) in [5, 5.41) is 5.15. The van der Waals surface area contributed by atoms with Crippen molar-refractivity contribution < 1.29 is 19.1 Å². The molecule has 0 radical (unpaired) electrons. The first kappa shape index (κ1) is 18.9. The fourth-order valence-corrected chi connectivity index (χ4v) is 6.62. The van der Waals surface area contributed by atoms with Crippen LogP contribution in [0.1, 0.15) is 6.42 Å². The van der Waals surface area contributed by atoms with E-state index in [2.05, 4.69) is 33.4 Å². The molecule has 1 amide bonds. The molecule has 3 aromatic rings. The molecule has 31 heavy (non-hydrogen) atoms. The molecule has 6 rings (SSSR count). The van der Waals surface area contributed by atoms with Gasteiger partial charge >= 0.3 is 5.97 Å². The topological polar surface area (TPSA) is 64.6 Å². The van der Waals surface area contributed by atoms with E-state index in [1.165, 1.54) is 0 Å². The molecular weight excluding hydrogens is 458 g/mol. The normalized spacial score (nSPS) is 30.4. The first-order valence-corrected chi connectivity index (χ1v) is 11.4. The summed E-state index contributed by atoms with van der Waals surface area (Å²) in [6.07, 6.45) is 0.796. The highest BCUT2D eigenvalue weighted by atomic mass is 79.9. The van der Waals surface area contributed by atoms with Gasteiger partial charge in [-0.05, 0) is 48.1 Å². The number of hydrogen-bond donors (Lipinski definition) is 1. The van der Waals surface area contributed by atoms with Crippen LogP contribution in [-0.2, 0) is 14.3 Å². The molecule has 6 atom stereocenters. The molecule has 1 N–H and O–H groups in total. The molecule has 0 aromatic heterocycles. The van der Waals surface area contributed by atoms with Gasteiger partial charge in [-0.25, -0.2) is 0 Å². The number of rotatable bonds is 4. The maximum Gasteiger partial charge on any atom is 0.310 e. The van der Waals surface area contributed by atoms with Gasteiger partial charge < -0.3 is 14.8 Å². The summed E-state index contributed by atoms with van der Waals surface area (Å²) in [5.41, 5.74) is 0.687. The van der Waals surface area contributed by atoms with E-state index >= 15 is 0 Å². The van der Waals surface area contributed by atoms with E-state index in [4.69, 9.17) is 9.47 Å². The predicted octanol–water partition coefficient (Wildman–Crippen LogP) is 5.14. The van der Waals surface area contributed by atoms with Crippen molar-refractivity contribution in [3.8, 4) is 11.5 Å². The van der Waals surface area contributed by atoms with Gasteiger partial charge in [0.05, 0.1) is 16.7 Å². The first-order valence-electron chi connectivity index (χ1n) is 10.5. The zero-order valence-electron chi connectivity index (χ0n) is 16.5. The Morgan fingerprint density at radius 1 is 1.00 bits per heavy atom. The Balaban J connectivity index is 1.18. The average molecular weight is 478 g/mol. The highest BCUT2D eigenvalue weighted by Crippen LogP contribution is 2.60. The lowest BCUT2D eigenvalue weighted by atomic mass is 9.79. The Morgan fingerprint density at radius 2 is 1.77 bits per heavy atom. The number of nitrogens with one attached hydrogen (secondary N) is 1. The Hall–Kier alpha value is -2.86. The quantitative estimate of drug-likeness (QED) is 0.417. The lowest BCUT2D eigenvalue weighted by Crippen LogP contribution is -2.40. The molecule has 6 heteroatoms. The molecule has 2 saturated carbocycles. The minimum Gasteiger partial charge on any atom is -0.461 e. The molecule has 1 saturated heterocycles. The van der Waals surface area contributed by atoms with Gasteiger partial charge in [0, 0.05) is 17.0 Å². The summed E-state index contributed by atoms with van der Waals surface area (Å²) in [6, 6.07) is 21.4.